The lowest BCUT2D eigenvalue weighted by Gasteiger charge is -2.22. The van der Waals surface area contributed by atoms with Crippen LogP contribution in [0.15, 0.2) is 24.3 Å². The first-order valence-corrected chi connectivity index (χ1v) is 18.5. The van der Waals surface area contributed by atoms with Crippen LogP contribution in [0, 0.1) is 5.41 Å². The van der Waals surface area contributed by atoms with Gasteiger partial charge in [-0.3, -0.25) is 14.4 Å². The molecular formula is C39H70O4. The highest BCUT2D eigenvalue weighted by molar-refractivity contribution is 6.21. The summed E-state index contributed by atoms with van der Waals surface area (Å²) in [5, 5.41) is 9.77. The molecule has 0 atom stereocenters. The highest BCUT2D eigenvalue weighted by atomic mass is 16.4. The molecule has 0 rings (SSSR count). The first-order chi connectivity index (χ1) is 20.9. The second kappa shape index (κ2) is 30.3. The van der Waals surface area contributed by atoms with Crippen molar-refractivity contribution in [3.8, 4) is 0 Å². The molecule has 0 heterocycles. The van der Waals surface area contributed by atoms with Crippen molar-refractivity contribution in [1.29, 1.82) is 0 Å². The van der Waals surface area contributed by atoms with Gasteiger partial charge in [0.25, 0.3) is 0 Å². The van der Waals surface area contributed by atoms with E-state index in [1.807, 2.05) is 0 Å². The van der Waals surface area contributed by atoms with Crippen LogP contribution in [0.3, 0.4) is 0 Å². The highest BCUT2D eigenvalue weighted by Gasteiger charge is 2.46. The van der Waals surface area contributed by atoms with Gasteiger partial charge in [-0.15, -0.1) is 0 Å². The van der Waals surface area contributed by atoms with Gasteiger partial charge in [-0.2, -0.15) is 0 Å². The molecule has 0 saturated carbocycles. The normalized spacial score (nSPS) is 13.2. The van der Waals surface area contributed by atoms with E-state index in [2.05, 4.69) is 38.2 Å². The molecule has 0 aliphatic heterocycles. The SMILES string of the molecule is CCCCCCCCC=CCCCCCCCC(=O)C(C)(C(=O)O)C(=O)CCCCCCCC=CCCCCCCCC. The Bertz CT molecular complexity index is 684. The molecule has 250 valence electrons. The Morgan fingerprint density at radius 3 is 0.977 bits per heavy atom. The monoisotopic (exact) mass is 603 g/mol. The van der Waals surface area contributed by atoms with E-state index in [1.165, 1.54) is 96.8 Å². The number of aliphatic carboxylic acids is 1. The van der Waals surface area contributed by atoms with Gasteiger partial charge in [0.1, 0.15) is 0 Å². The van der Waals surface area contributed by atoms with Crippen molar-refractivity contribution >= 4 is 17.5 Å². The fraction of sp³-hybridized carbons (Fsp3) is 0.821. The third-order valence-corrected chi connectivity index (χ3v) is 8.87. The van der Waals surface area contributed by atoms with Crippen LogP contribution in [0.1, 0.15) is 201 Å². The zero-order chi connectivity index (χ0) is 31.9. The molecule has 0 bridgehead atoms. The van der Waals surface area contributed by atoms with Crippen LogP contribution in [0.4, 0.5) is 0 Å². The minimum absolute atomic E-state index is 0.180. The zero-order valence-electron chi connectivity index (χ0n) is 28.8. The minimum Gasteiger partial charge on any atom is -0.480 e. The lowest BCUT2D eigenvalue weighted by Crippen LogP contribution is -2.43. The predicted molar refractivity (Wildman–Crippen MR) is 185 cm³/mol. The number of rotatable bonds is 33. The molecule has 0 amide bonds. The fourth-order valence-electron chi connectivity index (χ4n) is 5.61. The Balaban J connectivity index is 3.91. The second-order valence-electron chi connectivity index (χ2n) is 12.9. The van der Waals surface area contributed by atoms with Crippen LogP contribution in [-0.4, -0.2) is 22.6 Å². The number of carbonyl (C=O) groups excluding carboxylic acids is 2. The molecule has 0 aromatic heterocycles. The number of carbonyl (C=O) groups is 3. The molecule has 0 spiro atoms. The summed E-state index contributed by atoms with van der Waals surface area (Å²) in [6.45, 7) is 5.83. The van der Waals surface area contributed by atoms with Gasteiger partial charge < -0.3 is 5.11 Å². The maximum atomic E-state index is 12.8. The van der Waals surface area contributed by atoms with Crippen molar-refractivity contribution in [3.05, 3.63) is 24.3 Å². The van der Waals surface area contributed by atoms with Crippen LogP contribution in [-0.2, 0) is 14.4 Å². The molecule has 0 unspecified atom stereocenters. The number of carboxylic acids is 1. The lowest BCUT2D eigenvalue weighted by atomic mass is 9.77. The van der Waals surface area contributed by atoms with E-state index in [-0.39, 0.29) is 12.8 Å². The predicted octanol–water partition coefficient (Wildman–Crippen LogP) is 12.3. The van der Waals surface area contributed by atoms with Gasteiger partial charge in [0.05, 0.1) is 0 Å². The molecule has 43 heavy (non-hydrogen) atoms. The van der Waals surface area contributed by atoms with Crippen LogP contribution in [0.2, 0.25) is 0 Å². The first-order valence-electron chi connectivity index (χ1n) is 18.5. The van der Waals surface area contributed by atoms with Crippen LogP contribution < -0.4 is 0 Å². The van der Waals surface area contributed by atoms with Gasteiger partial charge >= 0.3 is 5.97 Å². The van der Waals surface area contributed by atoms with Crippen molar-refractivity contribution in [2.24, 2.45) is 5.41 Å². The molecular weight excluding hydrogens is 532 g/mol. The smallest absolute Gasteiger partial charge is 0.324 e. The molecule has 0 saturated heterocycles. The van der Waals surface area contributed by atoms with E-state index >= 15 is 0 Å². The number of unbranched alkanes of at least 4 members (excludes halogenated alkanes) is 22. The van der Waals surface area contributed by atoms with Crippen LogP contribution in [0.5, 0.6) is 0 Å². The largest absolute Gasteiger partial charge is 0.480 e. The molecule has 4 heteroatoms. The van der Waals surface area contributed by atoms with Crippen molar-refractivity contribution in [3.63, 3.8) is 0 Å². The lowest BCUT2D eigenvalue weighted by molar-refractivity contribution is -0.158. The van der Waals surface area contributed by atoms with Crippen molar-refractivity contribution in [2.45, 2.75) is 201 Å². The molecule has 0 fully saturated rings. The fourth-order valence-corrected chi connectivity index (χ4v) is 5.61. The standard InChI is InChI=1S/C39H70O4/c1-4-6-8-10-12-14-16-18-20-22-24-26-28-30-32-34-36(40)39(3,38(42)43)37(41)35-33-31-29-27-25-23-21-19-17-15-13-11-9-7-5-2/h18-21H,4-17,22-35H2,1-3H3,(H,42,43). The Morgan fingerprint density at radius 2 is 0.698 bits per heavy atom. The average molecular weight is 603 g/mol. The van der Waals surface area contributed by atoms with Crippen LogP contribution in [0.25, 0.3) is 0 Å². The number of carboxylic acid groups (broad SMARTS) is 1. The van der Waals surface area contributed by atoms with Gasteiger partial charge in [0, 0.05) is 12.8 Å². The summed E-state index contributed by atoms with van der Waals surface area (Å²) < 4.78 is 0. The quantitative estimate of drug-likeness (QED) is 0.0461. The first kappa shape index (κ1) is 41.3. The van der Waals surface area contributed by atoms with Crippen molar-refractivity contribution < 1.29 is 19.5 Å². The molecule has 1 N–H and O–H groups in total. The molecule has 0 aliphatic rings. The van der Waals surface area contributed by atoms with Gasteiger partial charge in [-0.25, -0.2) is 0 Å². The maximum Gasteiger partial charge on any atom is 0.324 e. The van der Waals surface area contributed by atoms with E-state index < -0.39 is 23.0 Å². The summed E-state index contributed by atoms with van der Waals surface area (Å²) in [6, 6.07) is 0. The van der Waals surface area contributed by atoms with Gasteiger partial charge in [0.15, 0.2) is 17.0 Å². The van der Waals surface area contributed by atoms with Crippen LogP contribution >= 0.6 is 0 Å². The van der Waals surface area contributed by atoms with Gasteiger partial charge in [0.2, 0.25) is 0 Å². The maximum absolute atomic E-state index is 12.8. The number of hydrogen-bond donors (Lipinski definition) is 1. The van der Waals surface area contributed by atoms with E-state index in [0.29, 0.717) is 12.8 Å². The van der Waals surface area contributed by atoms with Gasteiger partial charge in [-0.05, 0) is 71.1 Å². The minimum atomic E-state index is -1.89. The molecule has 4 nitrogen and oxygen atoms in total. The Hall–Kier alpha value is -1.71. The molecule has 0 aromatic carbocycles. The number of hydrogen-bond acceptors (Lipinski definition) is 3. The van der Waals surface area contributed by atoms with Crippen molar-refractivity contribution in [1.82, 2.24) is 0 Å². The van der Waals surface area contributed by atoms with E-state index in [1.54, 1.807) is 0 Å². The summed E-state index contributed by atoms with van der Waals surface area (Å²) in [7, 11) is 0. The van der Waals surface area contributed by atoms with E-state index in [4.69, 9.17) is 0 Å². The summed E-state index contributed by atoms with van der Waals surface area (Å²) in [5.41, 5.74) is -1.89. The van der Waals surface area contributed by atoms with Crippen molar-refractivity contribution in [2.75, 3.05) is 0 Å². The molecule has 0 radical (unpaired) electrons. The number of allylic oxidation sites excluding steroid dienone is 4. The average Bonchev–Trinajstić information content (AvgIpc) is 3.00. The summed E-state index contributed by atoms with van der Waals surface area (Å²) in [6.07, 6.45) is 40.0. The van der Waals surface area contributed by atoms with Gasteiger partial charge in [-0.1, -0.05) is 141 Å². The zero-order valence-corrected chi connectivity index (χ0v) is 28.8. The second-order valence-corrected chi connectivity index (χ2v) is 12.9. The Morgan fingerprint density at radius 1 is 0.442 bits per heavy atom. The third kappa shape index (κ3) is 23.4. The Labute approximate surface area is 267 Å². The van der Waals surface area contributed by atoms with E-state index in [0.717, 1.165) is 64.2 Å². The summed E-state index contributed by atoms with van der Waals surface area (Å²) in [4.78, 5) is 37.6. The summed E-state index contributed by atoms with van der Waals surface area (Å²) in [5.74, 6) is -2.13. The van der Waals surface area contributed by atoms with E-state index in [9.17, 15) is 19.5 Å². The number of ketones is 2. The topological polar surface area (TPSA) is 71.4 Å². The molecule has 0 aromatic rings. The Kier molecular flexibility index (Phi) is 29.1. The summed E-state index contributed by atoms with van der Waals surface area (Å²) >= 11 is 0. The molecule has 0 aliphatic carbocycles. The highest BCUT2D eigenvalue weighted by Crippen LogP contribution is 2.26. The third-order valence-electron chi connectivity index (χ3n) is 8.87. The number of Topliss-reactive ketones (excluding diaryl/α,β-unsaturated/α-hetero) is 2.